The zero-order valence-electron chi connectivity index (χ0n) is 18.5. The van der Waals surface area contributed by atoms with Crippen molar-refractivity contribution in [1.29, 1.82) is 0 Å². The van der Waals surface area contributed by atoms with Gasteiger partial charge in [0.15, 0.2) is 12.4 Å². The van der Waals surface area contributed by atoms with E-state index in [1.165, 1.54) is 7.11 Å². The summed E-state index contributed by atoms with van der Waals surface area (Å²) in [5.74, 6) is 0.0420. The number of hydrogen-bond acceptors (Lipinski definition) is 5. The Morgan fingerprint density at radius 1 is 1.22 bits per heavy atom. The van der Waals surface area contributed by atoms with Gasteiger partial charge in [0.25, 0.3) is 0 Å². The summed E-state index contributed by atoms with van der Waals surface area (Å²) >= 11 is 0. The predicted molar refractivity (Wildman–Crippen MR) is 113 cm³/mol. The summed E-state index contributed by atoms with van der Waals surface area (Å²) in [6, 6.07) is 4.05. The third-order valence-corrected chi connectivity index (χ3v) is 6.00. The maximum Gasteiger partial charge on any atom is 0.416 e. The van der Waals surface area contributed by atoms with Crippen molar-refractivity contribution >= 4 is 11.0 Å². The van der Waals surface area contributed by atoms with Crippen LogP contribution in [-0.2, 0) is 17.3 Å². The van der Waals surface area contributed by atoms with Gasteiger partial charge >= 0.3 is 6.18 Å². The summed E-state index contributed by atoms with van der Waals surface area (Å²) in [4.78, 5) is 0. The topological polar surface area (TPSA) is 69.4 Å². The minimum atomic E-state index is -4.50. The molecule has 0 radical (unpaired) electrons. The number of rotatable bonds is 6. The van der Waals surface area contributed by atoms with Crippen LogP contribution in [0.15, 0.2) is 24.4 Å². The largest absolute Gasteiger partial charge is 0.467 e. The smallest absolute Gasteiger partial charge is 0.416 e. The lowest BCUT2D eigenvalue weighted by atomic mass is 9.77. The number of ether oxygens (including phenoxy) is 2. The van der Waals surface area contributed by atoms with E-state index in [4.69, 9.17) is 9.47 Å². The molecule has 0 atom stereocenters. The summed E-state index contributed by atoms with van der Waals surface area (Å²) in [5, 5.41) is 19.8. The molecule has 172 valence electrons. The van der Waals surface area contributed by atoms with Crippen molar-refractivity contribution in [3.63, 3.8) is 0 Å². The van der Waals surface area contributed by atoms with Crippen molar-refractivity contribution in [2.45, 2.75) is 57.9 Å². The Morgan fingerprint density at radius 3 is 2.53 bits per heavy atom. The normalized spacial score (nSPS) is 21.1. The molecule has 1 fully saturated rings. The molecule has 0 unspecified atom stereocenters. The molecule has 6 nitrogen and oxygen atoms in total. The molecule has 2 aromatic heterocycles. The lowest BCUT2D eigenvalue weighted by Gasteiger charge is -2.41. The van der Waals surface area contributed by atoms with E-state index in [9.17, 15) is 18.3 Å². The van der Waals surface area contributed by atoms with E-state index in [1.807, 2.05) is 30.7 Å². The predicted octanol–water partition coefficient (Wildman–Crippen LogP) is 5.06. The molecule has 1 aliphatic rings. The molecule has 32 heavy (non-hydrogen) atoms. The van der Waals surface area contributed by atoms with E-state index in [1.54, 1.807) is 6.92 Å². The monoisotopic (exact) mass is 449 g/mol. The molecular weight excluding hydrogens is 423 g/mol. The molecule has 1 saturated carbocycles. The van der Waals surface area contributed by atoms with Crippen LogP contribution in [0.5, 0.6) is 5.75 Å². The summed E-state index contributed by atoms with van der Waals surface area (Å²) in [5.41, 5.74) is 1.56. The maximum atomic E-state index is 13.3. The average Bonchev–Trinajstić information content (AvgIpc) is 3.07. The lowest BCUT2D eigenvalue weighted by Crippen LogP contribution is -2.41. The van der Waals surface area contributed by atoms with Gasteiger partial charge in [-0.2, -0.15) is 13.2 Å². The number of benzene rings is 1. The first kappa shape index (κ1) is 22.5. The molecule has 1 aliphatic carbocycles. The molecule has 2 heterocycles. The lowest BCUT2D eigenvalue weighted by molar-refractivity contribution is -0.137. The van der Waals surface area contributed by atoms with Gasteiger partial charge in [0.05, 0.1) is 16.9 Å². The fraction of sp³-hybridized carbons (Fsp3) is 0.478. The van der Waals surface area contributed by atoms with E-state index in [0.717, 1.165) is 29.5 Å². The van der Waals surface area contributed by atoms with Crippen LogP contribution >= 0.6 is 0 Å². The number of aliphatic hydroxyl groups is 1. The minimum absolute atomic E-state index is 0.0420. The van der Waals surface area contributed by atoms with Gasteiger partial charge in [-0.05, 0) is 62.4 Å². The number of alkyl halides is 3. The van der Waals surface area contributed by atoms with E-state index in [-0.39, 0.29) is 18.6 Å². The first-order valence-electron chi connectivity index (χ1n) is 10.5. The summed E-state index contributed by atoms with van der Waals surface area (Å²) in [6.07, 6.45) is -0.435. The SMILES string of the molecule is CCc1cn(C2CC(C)(O)C2)c2nnc(-c3c(C)cc(C(F)(F)F)cc3OCOC)cc12. The third-order valence-electron chi connectivity index (χ3n) is 6.00. The van der Waals surface area contributed by atoms with Crippen LogP contribution in [0.25, 0.3) is 22.3 Å². The Kier molecular flexibility index (Phi) is 5.67. The second-order valence-corrected chi connectivity index (χ2v) is 8.66. The molecule has 0 spiro atoms. The quantitative estimate of drug-likeness (QED) is 0.533. The van der Waals surface area contributed by atoms with Crippen molar-refractivity contribution in [2.75, 3.05) is 13.9 Å². The Labute approximate surface area is 184 Å². The molecular formula is C23H26F3N3O3. The zero-order chi connectivity index (χ0) is 23.3. The maximum absolute atomic E-state index is 13.3. The highest BCUT2D eigenvalue weighted by molar-refractivity contribution is 5.85. The van der Waals surface area contributed by atoms with Crippen LogP contribution in [0.1, 0.15) is 49.4 Å². The average molecular weight is 449 g/mol. The first-order chi connectivity index (χ1) is 15.0. The Hall–Kier alpha value is -2.65. The number of hydrogen-bond donors (Lipinski definition) is 1. The fourth-order valence-electron chi connectivity index (χ4n) is 4.43. The molecule has 0 amide bonds. The summed E-state index contributed by atoms with van der Waals surface area (Å²) in [7, 11) is 1.40. The van der Waals surface area contributed by atoms with Gasteiger partial charge < -0.3 is 19.1 Å². The molecule has 0 aliphatic heterocycles. The number of aryl methyl sites for hydroxylation is 2. The Morgan fingerprint density at radius 2 is 1.94 bits per heavy atom. The summed E-state index contributed by atoms with van der Waals surface area (Å²) < 4.78 is 52.5. The highest BCUT2D eigenvalue weighted by atomic mass is 19.4. The Balaban J connectivity index is 1.83. The van der Waals surface area contributed by atoms with Crippen molar-refractivity contribution in [3.05, 3.63) is 41.1 Å². The van der Waals surface area contributed by atoms with Gasteiger partial charge in [0.1, 0.15) is 5.75 Å². The number of halogens is 3. The van der Waals surface area contributed by atoms with E-state index in [0.29, 0.717) is 35.3 Å². The van der Waals surface area contributed by atoms with Crippen LogP contribution in [0.3, 0.4) is 0 Å². The van der Waals surface area contributed by atoms with Crippen LogP contribution in [0, 0.1) is 6.92 Å². The zero-order valence-corrected chi connectivity index (χ0v) is 18.5. The van der Waals surface area contributed by atoms with Gasteiger partial charge in [0.2, 0.25) is 0 Å². The molecule has 0 saturated heterocycles. The van der Waals surface area contributed by atoms with Crippen LogP contribution < -0.4 is 4.74 Å². The number of fused-ring (bicyclic) bond motifs is 1. The summed E-state index contributed by atoms with van der Waals surface area (Å²) in [6.45, 7) is 5.25. The van der Waals surface area contributed by atoms with E-state index >= 15 is 0 Å². The number of methoxy groups -OCH3 is 1. The highest BCUT2D eigenvalue weighted by Crippen LogP contribution is 2.44. The molecule has 4 rings (SSSR count). The minimum Gasteiger partial charge on any atom is -0.467 e. The second-order valence-electron chi connectivity index (χ2n) is 8.66. The van der Waals surface area contributed by atoms with Gasteiger partial charge in [-0.25, -0.2) is 0 Å². The van der Waals surface area contributed by atoms with Crippen molar-refractivity contribution in [2.24, 2.45) is 0 Å². The van der Waals surface area contributed by atoms with E-state index < -0.39 is 17.3 Å². The van der Waals surface area contributed by atoms with Crippen LogP contribution in [0.4, 0.5) is 13.2 Å². The third kappa shape index (κ3) is 4.06. The highest BCUT2D eigenvalue weighted by Gasteiger charge is 2.40. The first-order valence-corrected chi connectivity index (χ1v) is 10.5. The van der Waals surface area contributed by atoms with Gasteiger partial charge in [-0.3, -0.25) is 0 Å². The van der Waals surface area contributed by atoms with Crippen molar-refractivity contribution in [1.82, 2.24) is 14.8 Å². The Bertz CT molecular complexity index is 1150. The second kappa shape index (κ2) is 8.04. The van der Waals surface area contributed by atoms with Crippen molar-refractivity contribution < 1.29 is 27.8 Å². The van der Waals surface area contributed by atoms with Gasteiger partial charge in [0, 0.05) is 30.3 Å². The van der Waals surface area contributed by atoms with Gasteiger partial charge in [-0.15, -0.1) is 10.2 Å². The molecule has 1 N–H and O–H groups in total. The van der Waals surface area contributed by atoms with Crippen LogP contribution in [0.2, 0.25) is 0 Å². The van der Waals surface area contributed by atoms with Gasteiger partial charge in [-0.1, -0.05) is 6.92 Å². The molecule has 1 aromatic carbocycles. The van der Waals surface area contributed by atoms with Crippen LogP contribution in [-0.4, -0.2) is 39.4 Å². The molecule has 9 heteroatoms. The molecule has 3 aromatic rings. The standard InChI is InChI=1S/C23H26F3N3O3/c1-5-14-11-29(16-9-22(3,30)10-16)21-17(14)8-18(27-28-21)20-13(2)6-15(23(24,25)26)7-19(20)32-12-31-4/h6-8,11,16,30H,5,9-10,12H2,1-4H3. The number of aromatic nitrogens is 3. The van der Waals surface area contributed by atoms with Crippen molar-refractivity contribution in [3.8, 4) is 17.0 Å². The number of nitrogens with zero attached hydrogens (tertiary/aromatic N) is 3. The molecule has 0 bridgehead atoms. The van der Waals surface area contributed by atoms with E-state index in [2.05, 4.69) is 10.2 Å². The fourth-order valence-corrected chi connectivity index (χ4v) is 4.43.